The topological polar surface area (TPSA) is 140 Å². The van der Waals surface area contributed by atoms with E-state index in [-0.39, 0.29) is 48.9 Å². The lowest BCUT2D eigenvalue weighted by Crippen LogP contribution is -2.69. The number of para-hydroxylation sites is 1. The molecule has 2 aliphatic carbocycles. The van der Waals surface area contributed by atoms with E-state index in [0.29, 0.717) is 47.6 Å². The van der Waals surface area contributed by atoms with Crippen LogP contribution in [0.1, 0.15) is 74.5 Å². The molecule has 59 heavy (non-hydrogen) atoms. The van der Waals surface area contributed by atoms with Gasteiger partial charge < -0.3 is 29.3 Å². The number of unbranched alkanes of at least 4 members (excludes halogenated alkanes) is 2. The molecule has 1 aliphatic heterocycles. The van der Waals surface area contributed by atoms with Crippen molar-refractivity contribution in [2.45, 2.75) is 88.4 Å². The van der Waals surface area contributed by atoms with Crippen molar-refractivity contribution in [3.63, 3.8) is 0 Å². The molecule has 7 rings (SSSR count). The van der Waals surface area contributed by atoms with E-state index in [4.69, 9.17) is 24.2 Å². The number of likely N-dealkylation sites (N-methyl/N-ethyl adjacent to an activating group) is 1. The number of rotatable bonds is 18. The lowest BCUT2D eigenvalue weighted by Gasteiger charge is -2.59. The number of aryl methyl sites for hydroxylation is 2. The third-order valence-electron chi connectivity index (χ3n) is 12.4. The van der Waals surface area contributed by atoms with Gasteiger partial charge in [-0.3, -0.25) is 4.98 Å². The van der Waals surface area contributed by atoms with E-state index in [2.05, 4.69) is 37.6 Å². The van der Waals surface area contributed by atoms with Gasteiger partial charge in [0, 0.05) is 49.7 Å². The number of aliphatic hydroxyl groups excluding tert-OH is 2. The van der Waals surface area contributed by atoms with Gasteiger partial charge in [-0.15, -0.1) is 6.58 Å². The zero-order valence-corrected chi connectivity index (χ0v) is 35.4. The molecule has 3 aliphatic rings. The number of hydrogen-bond acceptors (Lipinski definition) is 10. The standard InChI is InChI=1S/C47H57N3O8S/c1-6-26-55-47-43(50(5)59(53,54)42-18-12-15-33-16-13-23-48-46(33)42)30-40(49-56-7-2)38-28-34(14-8-10-24-51)37(17-9-11-25-52)44(45(38)47)39-29-36(21-22-41(39)58-47)57-35-20-19-31(3)32(4)27-35/h6,12-13,15-16,18-23,27-29,34,37,43-45,51-52H,1,7-11,14,17,24-26,30H2,2-5H3. The predicted octanol–water partition coefficient (Wildman–Crippen LogP) is 8.62. The van der Waals surface area contributed by atoms with E-state index in [0.717, 1.165) is 48.1 Å². The van der Waals surface area contributed by atoms with Crippen LogP contribution in [0.4, 0.5) is 0 Å². The van der Waals surface area contributed by atoms with Crippen molar-refractivity contribution in [2.24, 2.45) is 22.9 Å². The molecule has 2 heterocycles. The van der Waals surface area contributed by atoms with Gasteiger partial charge >= 0.3 is 0 Å². The van der Waals surface area contributed by atoms with Crippen molar-refractivity contribution in [1.82, 2.24) is 9.29 Å². The Morgan fingerprint density at radius 1 is 0.983 bits per heavy atom. The highest BCUT2D eigenvalue weighted by molar-refractivity contribution is 7.89. The van der Waals surface area contributed by atoms with Gasteiger partial charge in [0.25, 0.3) is 0 Å². The maximum Gasteiger partial charge on any atom is 0.245 e. The van der Waals surface area contributed by atoms with Crippen LogP contribution < -0.4 is 9.47 Å². The average molecular weight is 824 g/mol. The van der Waals surface area contributed by atoms with Crippen molar-refractivity contribution in [1.29, 1.82) is 0 Å². The van der Waals surface area contributed by atoms with E-state index in [1.165, 1.54) is 9.87 Å². The Balaban J connectivity index is 1.45. The quantitative estimate of drug-likeness (QED) is 0.0574. The van der Waals surface area contributed by atoms with Crippen molar-refractivity contribution >= 4 is 26.6 Å². The number of benzene rings is 3. The molecule has 4 aromatic rings. The minimum absolute atomic E-state index is 0.0245. The second-order valence-corrected chi connectivity index (χ2v) is 17.9. The largest absolute Gasteiger partial charge is 0.460 e. The SMILES string of the molecule is C=CCOC12Oc3ccc(Oc4ccc(C)c(C)c4)cc3C3C(CCCCO)C(CCCCO)C=C(C(=NOCC)CC1N(C)S(=O)(=O)c1cccc4cccnc14)C32. The Labute approximate surface area is 348 Å². The summed E-state index contributed by atoms with van der Waals surface area (Å²) in [6.45, 7) is 10.6. The van der Waals surface area contributed by atoms with Crippen LogP contribution in [-0.2, 0) is 19.6 Å². The maximum atomic E-state index is 15.1. The summed E-state index contributed by atoms with van der Waals surface area (Å²) in [4.78, 5) is 10.4. The van der Waals surface area contributed by atoms with Crippen LogP contribution in [0.3, 0.4) is 0 Å². The van der Waals surface area contributed by atoms with Gasteiger partial charge in [-0.1, -0.05) is 54.4 Å². The highest BCUT2D eigenvalue weighted by Gasteiger charge is 2.65. The first-order valence-corrected chi connectivity index (χ1v) is 22.3. The normalized spacial score (nSPS) is 24.3. The molecule has 314 valence electrons. The molecular weight excluding hydrogens is 767 g/mol. The van der Waals surface area contributed by atoms with Gasteiger partial charge in [0.1, 0.15) is 28.8 Å². The number of allylic oxidation sites excluding steroid dienone is 1. The first kappa shape index (κ1) is 42.5. The molecule has 3 aromatic carbocycles. The van der Waals surface area contributed by atoms with Crippen LogP contribution in [0.5, 0.6) is 17.2 Å². The smallest absolute Gasteiger partial charge is 0.245 e. The van der Waals surface area contributed by atoms with Crippen molar-refractivity contribution < 1.29 is 37.7 Å². The van der Waals surface area contributed by atoms with Gasteiger partial charge in [0.05, 0.1) is 29.8 Å². The number of ether oxygens (including phenoxy) is 3. The summed E-state index contributed by atoms with van der Waals surface area (Å²) in [7, 11) is -2.65. The second-order valence-electron chi connectivity index (χ2n) is 15.9. The van der Waals surface area contributed by atoms with Gasteiger partial charge in [0.2, 0.25) is 15.8 Å². The third kappa shape index (κ3) is 8.30. The molecule has 1 saturated carbocycles. The number of aromatic nitrogens is 1. The molecular formula is C47H57N3O8S. The summed E-state index contributed by atoms with van der Waals surface area (Å²) in [5.41, 5.74) is 5.14. The summed E-state index contributed by atoms with van der Waals surface area (Å²) in [5.74, 6) is -0.292. The van der Waals surface area contributed by atoms with Crippen molar-refractivity contribution in [2.75, 3.05) is 33.5 Å². The third-order valence-corrected chi connectivity index (χ3v) is 14.3. The van der Waals surface area contributed by atoms with Crippen LogP contribution in [0.2, 0.25) is 0 Å². The number of hydrogen-bond donors (Lipinski definition) is 2. The molecule has 0 bridgehead atoms. The first-order valence-electron chi connectivity index (χ1n) is 20.8. The second kappa shape index (κ2) is 18.4. The molecule has 0 radical (unpaired) electrons. The molecule has 12 heteroatoms. The van der Waals surface area contributed by atoms with Gasteiger partial charge in [-0.05, 0) is 117 Å². The number of aliphatic hydroxyl groups is 2. The fourth-order valence-corrected chi connectivity index (χ4v) is 11.0. The Hall–Kier alpha value is -4.59. The van der Waals surface area contributed by atoms with Gasteiger partial charge in [0.15, 0.2) is 0 Å². The van der Waals surface area contributed by atoms with Crippen LogP contribution in [-0.4, -0.2) is 78.9 Å². The summed E-state index contributed by atoms with van der Waals surface area (Å²) >= 11 is 0. The molecule has 6 unspecified atom stereocenters. The summed E-state index contributed by atoms with van der Waals surface area (Å²) in [6, 6.07) is 19.8. The van der Waals surface area contributed by atoms with E-state index in [1.807, 2.05) is 49.4 Å². The minimum atomic E-state index is -4.23. The number of sulfonamides is 1. The van der Waals surface area contributed by atoms with Crippen LogP contribution >= 0.6 is 0 Å². The molecule has 0 spiro atoms. The Morgan fingerprint density at radius 2 is 1.73 bits per heavy atom. The van der Waals surface area contributed by atoms with Crippen LogP contribution in [0.25, 0.3) is 10.9 Å². The van der Waals surface area contributed by atoms with E-state index >= 15 is 8.42 Å². The minimum Gasteiger partial charge on any atom is -0.460 e. The van der Waals surface area contributed by atoms with E-state index in [9.17, 15) is 10.2 Å². The fraction of sp³-hybridized carbons (Fsp3) is 0.447. The highest BCUT2D eigenvalue weighted by Crippen LogP contribution is 2.62. The monoisotopic (exact) mass is 823 g/mol. The Bertz CT molecular complexity index is 2310. The maximum absolute atomic E-state index is 15.1. The summed E-state index contributed by atoms with van der Waals surface area (Å²) < 4.78 is 52.3. The lowest BCUT2D eigenvalue weighted by atomic mass is 9.55. The van der Waals surface area contributed by atoms with E-state index in [1.54, 1.807) is 37.5 Å². The number of fused-ring (bicyclic) bond motifs is 3. The summed E-state index contributed by atoms with van der Waals surface area (Å²) in [5, 5.41) is 25.2. The Kier molecular flexibility index (Phi) is 13.2. The molecule has 6 atom stereocenters. The fourth-order valence-electron chi connectivity index (χ4n) is 9.43. The average Bonchev–Trinajstić information content (AvgIpc) is 3.24. The van der Waals surface area contributed by atoms with Crippen LogP contribution in [0.15, 0.2) is 107 Å². The van der Waals surface area contributed by atoms with Gasteiger partial charge in [-0.2, -0.15) is 4.31 Å². The first-order chi connectivity index (χ1) is 28.6. The molecule has 1 aromatic heterocycles. The molecule has 1 fully saturated rings. The lowest BCUT2D eigenvalue weighted by molar-refractivity contribution is -0.250. The molecule has 2 N–H and O–H groups in total. The van der Waals surface area contributed by atoms with Crippen LogP contribution in [0, 0.1) is 31.6 Å². The summed E-state index contributed by atoms with van der Waals surface area (Å²) in [6.07, 6.45) is 10.2. The number of oxime groups is 1. The molecule has 11 nitrogen and oxygen atoms in total. The van der Waals surface area contributed by atoms with Crippen molar-refractivity contribution in [3.8, 4) is 17.2 Å². The molecule has 0 saturated heterocycles. The number of nitrogens with zero attached hydrogens (tertiary/aromatic N) is 3. The van der Waals surface area contributed by atoms with E-state index < -0.39 is 27.8 Å². The zero-order chi connectivity index (χ0) is 41.7. The predicted molar refractivity (Wildman–Crippen MR) is 229 cm³/mol. The molecule has 0 amide bonds. The van der Waals surface area contributed by atoms with Gasteiger partial charge in [-0.25, -0.2) is 8.42 Å². The number of pyridine rings is 1. The van der Waals surface area contributed by atoms with Crippen molar-refractivity contribution in [3.05, 3.63) is 114 Å². The zero-order valence-electron chi connectivity index (χ0n) is 34.5. The highest BCUT2D eigenvalue weighted by atomic mass is 32.2. The Morgan fingerprint density at radius 3 is 2.47 bits per heavy atom.